The lowest BCUT2D eigenvalue weighted by Gasteiger charge is -2.03. The number of aliphatic hydroxyl groups excluding tert-OH is 1. The Morgan fingerprint density at radius 1 is 1.37 bits per heavy atom. The molecule has 0 fully saturated rings. The van der Waals surface area contributed by atoms with Crippen LogP contribution in [0.5, 0.6) is 0 Å². The number of nitrogens with zero attached hydrogens (tertiary/aromatic N) is 1. The average molecular weight is 280 g/mol. The van der Waals surface area contributed by atoms with Gasteiger partial charge in [0.1, 0.15) is 0 Å². The Kier molecular flexibility index (Phi) is 5.26. The molecule has 19 heavy (non-hydrogen) atoms. The number of benzene rings is 1. The highest BCUT2D eigenvalue weighted by Gasteiger charge is 2.10. The van der Waals surface area contributed by atoms with Gasteiger partial charge in [-0.1, -0.05) is 12.1 Å². The predicted molar refractivity (Wildman–Crippen MR) is 74.5 cm³/mol. The van der Waals surface area contributed by atoms with Gasteiger partial charge in [-0.25, -0.2) is 4.98 Å². The highest BCUT2D eigenvalue weighted by Crippen LogP contribution is 2.21. The first-order valence-corrected chi connectivity index (χ1v) is 6.95. The molecule has 0 saturated carbocycles. The van der Waals surface area contributed by atoms with Crippen LogP contribution in [0.3, 0.4) is 0 Å². The molecule has 2 N–H and O–H groups in total. The average Bonchev–Trinajstić information content (AvgIpc) is 2.86. The largest absolute Gasteiger partial charge is 0.394 e. The van der Waals surface area contributed by atoms with E-state index in [1.54, 1.807) is 0 Å². The second-order valence-corrected chi connectivity index (χ2v) is 4.96. The van der Waals surface area contributed by atoms with Crippen LogP contribution < -0.4 is 5.32 Å². The number of thiazole rings is 1. The van der Waals surface area contributed by atoms with Gasteiger partial charge < -0.3 is 15.2 Å². The SMILES string of the molecule is O=C(NCCCOCCO)c1nc2ccccc2s1. The van der Waals surface area contributed by atoms with Gasteiger partial charge in [-0.2, -0.15) is 0 Å². The van der Waals surface area contributed by atoms with Gasteiger partial charge in [0.2, 0.25) is 0 Å². The number of aliphatic hydroxyl groups is 1. The summed E-state index contributed by atoms with van der Waals surface area (Å²) in [5.41, 5.74) is 0.851. The smallest absolute Gasteiger partial charge is 0.280 e. The van der Waals surface area contributed by atoms with E-state index < -0.39 is 0 Å². The van der Waals surface area contributed by atoms with Crippen LogP contribution in [0.25, 0.3) is 10.2 Å². The molecule has 2 rings (SSSR count). The molecule has 1 heterocycles. The predicted octanol–water partition coefficient (Wildman–Crippen LogP) is 1.43. The van der Waals surface area contributed by atoms with Crippen LogP contribution in [0.2, 0.25) is 0 Å². The monoisotopic (exact) mass is 280 g/mol. The van der Waals surface area contributed by atoms with Gasteiger partial charge in [0.05, 0.1) is 23.4 Å². The van der Waals surface area contributed by atoms with E-state index in [9.17, 15) is 4.79 Å². The van der Waals surface area contributed by atoms with Gasteiger partial charge in [0, 0.05) is 13.2 Å². The van der Waals surface area contributed by atoms with E-state index in [1.807, 2.05) is 24.3 Å². The normalized spacial score (nSPS) is 10.8. The van der Waals surface area contributed by atoms with Crippen LogP contribution in [0, 0.1) is 0 Å². The lowest BCUT2D eigenvalue weighted by Crippen LogP contribution is -2.25. The molecule has 0 aliphatic carbocycles. The lowest BCUT2D eigenvalue weighted by molar-refractivity contribution is 0.0867. The molecular formula is C13H16N2O3S. The molecule has 0 atom stereocenters. The fraction of sp³-hybridized carbons (Fsp3) is 0.385. The molecule has 2 aromatic rings. The molecule has 1 amide bonds. The maximum absolute atomic E-state index is 11.9. The van der Waals surface area contributed by atoms with Gasteiger partial charge in [-0.3, -0.25) is 4.79 Å². The minimum Gasteiger partial charge on any atom is -0.394 e. The molecule has 1 aromatic carbocycles. The van der Waals surface area contributed by atoms with E-state index in [1.165, 1.54) is 11.3 Å². The zero-order valence-corrected chi connectivity index (χ0v) is 11.3. The van der Waals surface area contributed by atoms with E-state index in [0.717, 1.165) is 16.6 Å². The third kappa shape index (κ3) is 3.99. The van der Waals surface area contributed by atoms with Gasteiger partial charge >= 0.3 is 0 Å². The van der Waals surface area contributed by atoms with Crippen molar-refractivity contribution in [3.63, 3.8) is 0 Å². The van der Waals surface area contributed by atoms with Gasteiger partial charge in [0.25, 0.3) is 5.91 Å². The standard InChI is InChI=1S/C13H16N2O3S/c16-7-9-18-8-3-6-14-12(17)13-15-10-4-1-2-5-11(10)19-13/h1-2,4-5,16H,3,6-9H2,(H,14,17). The molecule has 0 bridgehead atoms. The van der Waals surface area contributed by atoms with Crippen LogP contribution in [0.15, 0.2) is 24.3 Å². The number of carbonyl (C=O) groups is 1. The summed E-state index contributed by atoms with van der Waals surface area (Å²) >= 11 is 1.39. The summed E-state index contributed by atoms with van der Waals surface area (Å²) in [6.45, 7) is 1.44. The number of ether oxygens (including phenoxy) is 1. The van der Waals surface area contributed by atoms with Gasteiger partial charge in [0.15, 0.2) is 5.01 Å². The second-order valence-electron chi connectivity index (χ2n) is 3.93. The molecule has 0 aliphatic rings. The molecule has 5 nitrogen and oxygen atoms in total. The van der Waals surface area contributed by atoms with E-state index in [-0.39, 0.29) is 12.5 Å². The Bertz CT molecular complexity index is 508. The van der Waals surface area contributed by atoms with Crippen molar-refractivity contribution >= 4 is 27.5 Å². The maximum Gasteiger partial charge on any atom is 0.280 e. The zero-order valence-electron chi connectivity index (χ0n) is 10.5. The maximum atomic E-state index is 11.9. The van der Waals surface area contributed by atoms with Crippen molar-refractivity contribution < 1.29 is 14.6 Å². The first kappa shape index (κ1) is 13.9. The fourth-order valence-corrected chi connectivity index (χ4v) is 2.47. The minimum atomic E-state index is -0.150. The Labute approximate surface area is 115 Å². The third-order valence-corrected chi connectivity index (χ3v) is 3.51. The van der Waals surface area contributed by atoms with Crippen molar-refractivity contribution in [3.8, 4) is 0 Å². The Hall–Kier alpha value is -1.50. The lowest BCUT2D eigenvalue weighted by atomic mass is 10.3. The summed E-state index contributed by atoms with van der Waals surface area (Å²) in [7, 11) is 0. The number of para-hydroxylation sites is 1. The second kappa shape index (κ2) is 7.18. The zero-order chi connectivity index (χ0) is 13.5. The molecule has 0 saturated heterocycles. The first-order chi connectivity index (χ1) is 9.31. The van der Waals surface area contributed by atoms with E-state index >= 15 is 0 Å². The number of carbonyl (C=O) groups excluding carboxylic acids is 1. The summed E-state index contributed by atoms with van der Waals surface area (Å²) in [6, 6.07) is 7.68. The summed E-state index contributed by atoms with van der Waals surface area (Å²) in [6.07, 6.45) is 0.719. The molecule has 0 spiro atoms. The van der Waals surface area contributed by atoms with Crippen LogP contribution in [-0.2, 0) is 4.74 Å². The van der Waals surface area contributed by atoms with Gasteiger partial charge in [-0.15, -0.1) is 11.3 Å². The highest BCUT2D eigenvalue weighted by atomic mass is 32.1. The summed E-state index contributed by atoms with van der Waals surface area (Å²) in [5.74, 6) is -0.150. The molecular weight excluding hydrogens is 264 g/mol. The number of aromatic nitrogens is 1. The topological polar surface area (TPSA) is 71.5 Å². The summed E-state index contributed by atoms with van der Waals surface area (Å²) < 4.78 is 6.12. The van der Waals surface area contributed by atoms with Crippen LogP contribution >= 0.6 is 11.3 Å². The number of rotatable bonds is 7. The fourth-order valence-electron chi connectivity index (χ4n) is 1.59. The van der Waals surface area contributed by atoms with Crippen molar-refractivity contribution in [1.29, 1.82) is 0 Å². The number of nitrogens with one attached hydrogen (secondary N) is 1. The molecule has 0 unspecified atom stereocenters. The highest BCUT2D eigenvalue weighted by molar-refractivity contribution is 7.20. The van der Waals surface area contributed by atoms with Crippen LogP contribution in [0.4, 0.5) is 0 Å². The van der Waals surface area contributed by atoms with E-state index in [0.29, 0.717) is 24.8 Å². The Morgan fingerprint density at radius 3 is 3.00 bits per heavy atom. The minimum absolute atomic E-state index is 0.0259. The first-order valence-electron chi connectivity index (χ1n) is 6.13. The summed E-state index contributed by atoms with van der Waals surface area (Å²) in [4.78, 5) is 16.1. The molecule has 1 aromatic heterocycles. The number of hydrogen-bond donors (Lipinski definition) is 2. The molecule has 102 valence electrons. The van der Waals surface area contributed by atoms with Crippen molar-refractivity contribution in [3.05, 3.63) is 29.3 Å². The van der Waals surface area contributed by atoms with Crippen molar-refractivity contribution in [2.75, 3.05) is 26.4 Å². The molecule has 0 aliphatic heterocycles. The quantitative estimate of drug-likeness (QED) is 0.753. The number of fused-ring (bicyclic) bond motifs is 1. The van der Waals surface area contributed by atoms with Crippen LogP contribution in [-0.4, -0.2) is 42.4 Å². The Balaban J connectivity index is 1.79. The van der Waals surface area contributed by atoms with E-state index in [4.69, 9.17) is 9.84 Å². The van der Waals surface area contributed by atoms with Crippen LogP contribution in [0.1, 0.15) is 16.2 Å². The third-order valence-electron chi connectivity index (χ3n) is 2.47. The Morgan fingerprint density at radius 2 is 2.21 bits per heavy atom. The number of amides is 1. The van der Waals surface area contributed by atoms with Crippen molar-refractivity contribution in [2.24, 2.45) is 0 Å². The van der Waals surface area contributed by atoms with Crippen molar-refractivity contribution in [1.82, 2.24) is 10.3 Å². The summed E-state index contributed by atoms with van der Waals surface area (Å²) in [5, 5.41) is 11.8. The van der Waals surface area contributed by atoms with Crippen molar-refractivity contribution in [2.45, 2.75) is 6.42 Å². The van der Waals surface area contributed by atoms with Gasteiger partial charge in [-0.05, 0) is 18.6 Å². The molecule has 6 heteroatoms. The number of hydrogen-bond acceptors (Lipinski definition) is 5. The van der Waals surface area contributed by atoms with E-state index in [2.05, 4.69) is 10.3 Å². The molecule has 0 radical (unpaired) electrons.